The Hall–Kier alpha value is -1.58. The van der Waals surface area contributed by atoms with Crippen molar-refractivity contribution in [2.24, 2.45) is 0 Å². The topological polar surface area (TPSA) is 60.5 Å². The summed E-state index contributed by atoms with van der Waals surface area (Å²) in [6.45, 7) is 2.85. The van der Waals surface area contributed by atoms with Gasteiger partial charge in [-0.25, -0.2) is 4.39 Å². The Morgan fingerprint density at radius 3 is 2.54 bits per heavy atom. The Morgan fingerprint density at radius 2 is 1.93 bits per heavy atom. The fraction of sp³-hybridized carbons (Fsp3) is 0.650. The van der Waals surface area contributed by atoms with Gasteiger partial charge in [0.2, 0.25) is 5.91 Å². The number of amides is 1. The van der Waals surface area contributed by atoms with E-state index >= 15 is 0 Å². The zero-order chi connectivity index (χ0) is 20.1. The number of carbonyl (C=O) groups excluding carboxylic acids is 1. The summed E-state index contributed by atoms with van der Waals surface area (Å²) in [5.41, 5.74) is 0.375. The van der Waals surface area contributed by atoms with Crippen molar-refractivity contribution in [1.82, 2.24) is 9.80 Å². The number of ether oxygens (including phenoxy) is 4. The predicted molar refractivity (Wildman–Crippen MR) is 101 cm³/mol. The molecular formula is C20H29FN2O5. The number of carbonyl (C=O) groups is 1. The normalized spacial score (nSPS) is 27.1. The lowest BCUT2D eigenvalue weighted by atomic mass is 10.0. The fourth-order valence-corrected chi connectivity index (χ4v) is 4.16. The molecule has 0 aromatic heterocycles. The van der Waals surface area contributed by atoms with Gasteiger partial charge in [-0.2, -0.15) is 0 Å². The molecule has 0 aliphatic carbocycles. The smallest absolute Gasteiger partial charge is 0.245 e. The fourth-order valence-electron chi connectivity index (χ4n) is 4.16. The number of benzene rings is 1. The van der Waals surface area contributed by atoms with Gasteiger partial charge in [0, 0.05) is 40.0 Å². The molecule has 2 fully saturated rings. The molecule has 7 nitrogen and oxygen atoms in total. The Balaban J connectivity index is 1.94. The molecule has 1 unspecified atom stereocenters. The zero-order valence-electron chi connectivity index (χ0n) is 16.7. The van der Waals surface area contributed by atoms with Crippen LogP contribution in [0.15, 0.2) is 24.3 Å². The van der Waals surface area contributed by atoms with Crippen LogP contribution in [0.25, 0.3) is 0 Å². The van der Waals surface area contributed by atoms with Crippen molar-refractivity contribution < 1.29 is 28.1 Å². The highest BCUT2D eigenvalue weighted by Gasteiger charge is 2.47. The van der Waals surface area contributed by atoms with Crippen LogP contribution in [0.4, 0.5) is 4.39 Å². The first-order chi connectivity index (χ1) is 13.6. The predicted octanol–water partition coefficient (Wildman–Crippen LogP) is 1.09. The number of rotatable bonds is 7. The van der Waals surface area contributed by atoms with Crippen molar-refractivity contribution >= 4 is 5.91 Å². The highest BCUT2D eigenvalue weighted by atomic mass is 19.1. The third-order valence-corrected chi connectivity index (χ3v) is 5.56. The van der Waals surface area contributed by atoms with Crippen LogP contribution >= 0.6 is 0 Å². The summed E-state index contributed by atoms with van der Waals surface area (Å²) in [7, 11) is 4.79. The van der Waals surface area contributed by atoms with Crippen LogP contribution in [-0.4, -0.2) is 94.7 Å². The maximum atomic E-state index is 14.7. The molecule has 4 atom stereocenters. The van der Waals surface area contributed by atoms with Gasteiger partial charge in [-0.15, -0.1) is 0 Å². The van der Waals surface area contributed by atoms with Gasteiger partial charge in [0.05, 0.1) is 32.4 Å². The Morgan fingerprint density at radius 1 is 1.21 bits per heavy atom. The van der Waals surface area contributed by atoms with Crippen molar-refractivity contribution in [3.63, 3.8) is 0 Å². The quantitative estimate of drug-likeness (QED) is 0.688. The van der Waals surface area contributed by atoms with E-state index < -0.39 is 6.04 Å². The van der Waals surface area contributed by atoms with E-state index in [2.05, 4.69) is 0 Å². The summed E-state index contributed by atoms with van der Waals surface area (Å²) >= 11 is 0. The molecule has 0 N–H and O–H groups in total. The van der Waals surface area contributed by atoms with Crippen LogP contribution in [-0.2, 0) is 23.7 Å². The molecule has 0 bridgehead atoms. The molecule has 28 heavy (non-hydrogen) atoms. The number of nitrogens with zero attached hydrogens (tertiary/aromatic N) is 2. The van der Waals surface area contributed by atoms with E-state index in [-0.39, 0.29) is 30.0 Å². The molecule has 8 heteroatoms. The summed E-state index contributed by atoms with van der Waals surface area (Å²) in [5.74, 6) is -0.558. The van der Waals surface area contributed by atoms with Crippen LogP contribution < -0.4 is 0 Å². The summed E-state index contributed by atoms with van der Waals surface area (Å²) in [6, 6.07) is 5.43. The molecule has 2 aliphatic heterocycles. The molecular weight excluding hydrogens is 367 g/mol. The highest BCUT2D eigenvalue weighted by Crippen LogP contribution is 2.31. The highest BCUT2D eigenvalue weighted by molar-refractivity contribution is 5.84. The lowest BCUT2D eigenvalue weighted by Crippen LogP contribution is -2.51. The molecule has 0 radical (unpaired) electrons. The molecule has 1 aromatic rings. The molecule has 2 saturated heterocycles. The number of likely N-dealkylation sites (tertiary alicyclic amines) is 1. The van der Waals surface area contributed by atoms with Crippen molar-refractivity contribution in [3.8, 4) is 0 Å². The van der Waals surface area contributed by atoms with Gasteiger partial charge in [0.25, 0.3) is 0 Å². The van der Waals surface area contributed by atoms with Crippen molar-refractivity contribution in [3.05, 3.63) is 35.6 Å². The second-order valence-corrected chi connectivity index (χ2v) is 7.06. The monoisotopic (exact) mass is 396 g/mol. The van der Waals surface area contributed by atoms with Crippen molar-refractivity contribution in [2.45, 2.75) is 24.3 Å². The van der Waals surface area contributed by atoms with Gasteiger partial charge in [-0.05, 0) is 6.07 Å². The summed E-state index contributed by atoms with van der Waals surface area (Å²) in [5, 5.41) is 0. The first-order valence-corrected chi connectivity index (χ1v) is 9.53. The van der Waals surface area contributed by atoms with E-state index in [0.29, 0.717) is 45.0 Å². The number of halogens is 1. The number of methoxy groups -OCH3 is 3. The molecule has 156 valence electrons. The van der Waals surface area contributed by atoms with E-state index in [1.54, 1.807) is 44.4 Å². The van der Waals surface area contributed by atoms with Crippen LogP contribution in [0.5, 0.6) is 0 Å². The summed E-state index contributed by atoms with van der Waals surface area (Å²) < 4.78 is 36.6. The maximum absolute atomic E-state index is 14.7. The minimum atomic E-state index is -0.724. The molecule has 3 rings (SSSR count). The van der Waals surface area contributed by atoms with Gasteiger partial charge in [-0.3, -0.25) is 9.69 Å². The van der Waals surface area contributed by atoms with Crippen LogP contribution in [0.1, 0.15) is 11.6 Å². The average molecular weight is 396 g/mol. The Kier molecular flexibility index (Phi) is 7.36. The molecule has 1 amide bonds. The van der Waals surface area contributed by atoms with Gasteiger partial charge < -0.3 is 23.8 Å². The molecule has 2 heterocycles. The van der Waals surface area contributed by atoms with E-state index in [1.165, 1.54) is 6.07 Å². The third kappa shape index (κ3) is 4.21. The number of hydrogen-bond acceptors (Lipinski definition) is 6. The largest absolute Gasteiger partial charge is 0.382 e. The second kappa shape index (κ2) is 9.76. The van der Waals surface area contributed by atoms with Gasteiger partial charge >= 0.3 is 0 Å². The average Bonchev–Trinajstić information content (AvgIpc) is 3.08. The van der Waals surface area contributed by atoms with Gasteiger partial charge in [-0.1, -0.05) is 18.2 Å². The molecule has 0 spiro atoms. The number of hydrogen-bond donors (Lipinski definition) is 0. The van der Waals surface area contributed by atoms with Gasteiger partial charge in [0.1, 0.15) is 24.1 Å². The van der Waals surface area contributed by atoms with Gasteiger partial charge in [0.15, 0.2) is 0 Å². The second-order valence-electron chi connectivity index (χ2n) is 7.06. The van der Waals surface area contributed by atoms with E-state index in [4.69, 9.17) is 18.9 Å². The molecule has 2 aliphatic rings. The van der Waals surface area contributed by atoms with E-state index in [9.17, 15) is 9.18 Å². The number of morpholine rings is 1. The Labute approximate surface area is 165 Å². The van der Waals surface area contributed by atoms with Crippen molar-refractivity contribution in [2.75, 3.05) is 60.8 Å². The van der Waals surface area contributed by atoms with E-state index in [1.807, 2.05) is 4.90 Å². The molecule has 1 aromatic carbocycles. The summed E-state index contributed by atoms with van der Waals surface area (Å²) in [6.07, 6.45) is -0.570. The third-order valence-electron chi connectivity index (χ3n) is 5.56. The molecule has 0 saturated carbocycles. The SMILES string of the molecule is COC[C@@H]1[C@@H](OC)[C@@H](OC)CN1C(=O)C(c1ccccc1F)N1CCOCC1. The minimum Gasteiger partial charge on any atom is -0.382 e. The van der Waals surface area contributed by atoms with Crippen LogP contribution in [0.3, 0.4) is 0 Å². The minimum absolute atomic E-state index is 0.171. The summed E-state index contributed by atoms with van der Waals surface area (Å²) in [4.78, 5) is 17.4. The van der Waals surface area contributed by atoms with E-state index in [0.717, 1.165) is 0 Å². The first-order valence-electron chi connectivity index (χ1n) is 9.53. The lowest BCUT2D eigenvalue weighted by molar-refractivity contribution is -0.142. The zero-order valence-corrected chi connectivity index (χ0v) is 16.7. The van der Waals surface area contributed by atoms with Crippen molar-refractivity contribution in [1.29, 1.82) is 0 Å². The Bertz CT molecular complexity index is 655. The lowest BCUT2D eigenvalue weighted by Gasteiger charge is -2.37. The standard InChI is InChI=1S/C20H29FN2O5/c1-25-13-16-19(27-3)17(26-2)12-23(16)20(24)18(22-8-10-28-11-9-22)14-6-4-5-7-15(14)21/h4-7,16-19H,8-13H2,1-3H3/t16-,17+,18?,19-/m1/s1. The first kappa shape index (κ1) is 21.1. The van der Waals surface area contributed by atoms with Crippen LogP contribution in [0.2, 0.25) is 0 Å². The van der Waals surface area contributed by atoms with Crippen LogP contribution in [0, 0.1) is 5.82 Å². The maximum Gasteiger partial charge on any atom is 0.245 e.